The normalized spacial score (nSPS) is 28.6. The second-order valence-electron chi connectivity index (χ2n) is 8.88. The van der Waals surface area contributed by atoms with Gasteiger partial charge in [0, 0.05) is 24.7 Å². The number of aliphatic hydroxyl groups excluding tert-OH is 3. The zero-order valence-corrected chi connectivity index (χ0v) is 20.0. The largest absolute Gasteiger partial charge is 0.465 e. The van der Waals surface area contributed by atoms with Gasteiger partial charge in [-0.2, -0.15) is 9.97 Å². The topological polar surface area (TPSA) is 192 Å². The van der Waals surface area contributed by atoms with Crippen molar-refractivity contribution in [3.8, 4) is 0 Å². The molecule has 0 bridgehead atoms. The van der Waals surface area contributed by atoms with Crippen LogP contribution in [-0.4, -0.2) is 86.9 Å². The molecule has 14 nitrogen and oxygen atoms in total. The summed E-state index contributed by atoms with van der Waals surface area (Å²) < 4.78 is 12.5. The predicted octanol–water partition coefficient (Wildman–Crippen LogP) is 1.28. The number of fused-ring (bicyclic) bond motifs is 1. The molecule has 15 heteroatoms. The van der Waals surface area contributed by atoms with E-state index < -0.39 is 30.6 Å². The molecule has 2 fully saturated rings. The highest BCUT2D eigenvalue weighted by Gasteiger charge is 2.47. The van der Waals surface area contributed by atoms with E-state index in [1.165, 1.54) is 21.9 Å². The molecule has 0 saturated carbocycles. The molecule has 0 aliphatic carbocycles. The van der Waals surface area contributed by atoms with Crippen molar-refractivity contribution in [3.63, 3.8) is 0 Å². The Morgan fingerprint density at radius 1 is 1.31 bits per heavy atom. The quantitative estimate of drug-likeness (QED) is 0.291. The summed E-state index contributed by atoms with van der Waals surface area (Å²) in [7, 11) is 0. The van der Waals surface area contributed by atoms with Crippen LogP contribution in [0.5, 0.6) is 0 Å². The monoisotopic (exact) mass is 523 g/mol. The van der Waals surface area contributed by atoms with E-state index in [9.17, 15) is 25.2 Å². The van der Waals surface area contributed by atoms with E-state index in [4.69, 9.17) is 20.9 Å². The summed E-state index contributed by atoms with van der Waals surface area (Å²) in [6, 6.07) is 1.26. The molecule has 0 aromatic carbocycles. The Labute approximate surface area is 209 Å². The maximum Gasteiger partial charge on any atom is 0.407 e. The minimum Gasteiger partial charge on any atom is -0.465 e. The SMILES string of the molecule is CCC1CC(Nc2nc(Cl)nc3c2ncn3[C@@H]2O[C@H](c3cc(CO)no3)[C@@H](O)[C@H]2O)CCN1C(=O)O. The molecule has 2 saturated heterocycles. The van der Waals surface area contributed by atoms with Gasteiger partial charge in [0.15, 0.2) is 29.0 Å². The molecule has 0 spiro atoms. The molecule has 3 aromatic heterocycles. The van der Waals surface area contributed by atoms with Crippen LogP contribution in [0.25, 0.3) is 11.2 Å². The number of hydrogen-bond donors (Lipinski definition) is 5. The van der Waals surface area contributed by atoms with Gasteiger partial charge in [0.05, 0.1) is 12.9 Å². The molecule has 0 radical (unpaired) electrons. The van der Waals surface area contributed by atoms with Crippen LogP contribution >= 0.6 is 11.6 Å². The number of piperidine rings is 1. The molecule has 5 N–H and O–H groups in total. The maximum atomic E-state index is 11.5. The smallest absolute Gasteiger partial charge is 0.407 e. The zero-order valence-electron chi connectivity index (χ0n) is 19.2. The minimum atomic E-state index is -1.36. The van der Waals surface area contributed by atoms with Crippen LogP contribution in [0.3, 0.4) is 0 Å². The predicted molar refractivity (Wildman–Crippen MR) is 123 cm³/mol. The summed E-state index contributed by atoms with van der Waals surface area (Å²) >= 11 is 6.22. The highest BCUT2D eigenvalue weighted by Crippen LogP contribution is 2.40. The zero-order chi connectivity index (χ0) is 25.6. The summed E-state index contributed by atoms with van der Waals surface area (Å²) in [4.78, 5) is 25.9. The molecule has 2 unspecified atom stereocenters. The number of hydrogen-bond acceptors (Lipinski definition) is 11. The number of likely N-dealkylation sites (tertiary alicyclic amines) is 1. The minimum absolute atomic E-state index is 0.0587. The standard InChI is InChI=1S/C21H26ClN7O7/c1-2-11-5-9(3-4-28(11)21(33)34)24-17-13-18(26-20(22)25-17)29(8-23-13)19-15(32)14(31)16(35-19)12-6-10(7-30)27-36-12/h6,8-9,11,14-16,19,30-32H,2-5,7H2,1H3,(H,33,34)(H,24,25,26)/t9?,11?,14-,15+,16+,19+/m0/s1. The average molecular weight is 524 g/mol. The first-order valence-corrected chi connectivity index (χ1v) is 11.9. The average Bonchev–Trinajstić information content (AvgIpc) is 3.57. The fourth-order valence-corrected chi connectivity index (χ4v) is 5.02. The molecule has 2 aliphatic rings. The summed E-state index contributed by atoms with van der Waals surface area (Å²) in [6.07, 6.45) is -2.46. The molecular formula is C21H26ClN7O7. The number of nitrogens with zero attached hydrogens (tertiary/aromatic N) is 6. The van der Waals surface area contributed by atoms with Gasteiger partial charge in [-0.25, -0.2) is 9.78 Å². The lowest BCUT2D eigenvalue weighted by molar-refractivity contribution is -0.0434. The van der Waals surface area contributed by atoms with Crippen LogP contribution in [0, 0.1) is 0 Å². The van der Waals surface area contributed by atoms with Crippen molar-refractivity contribution in [2.75, 3.05) is 11.9 Å². The van der Waals surface area contributed by atoms with Crippen LogP contribution in [0.1, 0.15) is 50.0 Å². The van der Waals surface area contributed by atoms with Crippen molar-refractivity contribution in [2.45, 2.75) is 69.4 Å². The first-order chi connectivity index (χ1) is 17.3. The van der Waals surface area contributed by atoms with Crippen LogP contribution < -0.4 is 5.32 Å². The third kappa shape index (κ3) is 4.35. The van der Waals surface area contributed by atoms with Gasteiger partial charge >= 0.3 is 6.09 Å². The lowest BCUT2D eigenvalue weighted by Crippen LogP contribution is -2.48. The lowest BCUT2D eigenvalue weighted by atomic mass is 9.95. The van der Waals surface area contributed by atoms with E-state index in [-0.39, 0.29) is 41.1 Å². The number of anilines is 1. The third-order valence-corrected chi connectivity index (χ3v) is 6.87. The van der Waals surface area contributed by atoms with Gasteiger partial charge in [0.1, 0.15) is 24.0 Å². The number of aromatic nitrogens is 5. The summed E-state index contributed by atoms with van der Waals surface area (Å²) in [5.74, 6) is 0.533. The number of ether oxygens (including phenoxy) is 1. The van der Waals surface area contributed by atoms with Crippen molar-refractivity contribution in [1.82, 2.24) is 29.6 Å². The van der Waals surface area contributed by atoms with Gasteiger partial charge in [0.25, 0.3) is 0 Å². The van der Waals surface area contributed by atoms with Crippen molar-refractivity contribution < 1.29 is 34.5 Å². The molecule has 1 amide bonds. The van der Waals surface area contributed by atoms with Crippen molar-refractivity contribution >= 4 is 34.7 Å². The Morgan fingerprint density at radius 2 is 2.11 bits per heavy atom. The fourth-order valence-electron chi connectivity index (χ4n) is 4.85. The summed E-state index contributed by atoms with van der Waals surface area (Å²) in [6.45, 7) is 2.00. The van der Waals surface area contributed by atoms with Crippen LogP contribution in [0.15, 0.2) is 16.9 Å². The van der Waals surface area contributed by atoms with Crippen LogP contribution in [0.4, 0.5) is 10.6 Å². The number of rotatable bonds is 6. The van der Waals surface area contributed by atoms with Crippen molar-refractivity contribution in [2.24, 2.45) is 0 Å². The molecule has 194 valence electrons. The number of aliphatic hydroxyl groups is 3. The number of amides is 1. The third-order valence-electron chi connectivity index (χ3n) is 6.70. The van der Waals surface area contributed by atoms with E-state index in [2.05, 4.69) is 25.4 Å². The van der Waals surface area contributed by atoms with Gasteiger partial charge in [-0.3, -0.25) is 4.57 Å². The Balaban J connectivity index is 1.40. The number of nitrogens with one attached hydrogen (secondary N) is 1. The number of carbonyl (C=O) groups is 1. The molecular weight excluding hydrogens is 498 g/mol. The van der Waals surface area contributed by atoms with Gasteiger partial charge < -0.3 is 39.9 Å². The van der Waals surface area contributed by atoms with E-state index in [1.54, 1.807) is 0 Å². The van der Waals surface area contributed by atoms with E-state index in [0.29, 0.717) is 37.1 Å². The van der Waals surface area contributed by atoms with Gasteiger partial charge in [-0.1, -0.05) is 12.1 Å². The number of carboxylic acid groups (broad SMARTS) is 1. The highest BCUT2D eigenvalue weighted by molar-refractivity contribution is 6.28. The van der Waals surface area contributed by atoms with E-state index in [1.807, 2.05) is 6.92 Å². The lowest BCUT2D eigenvalue weighted by Gasteiger charge is -2.37. The van der Waals surface area contributed by atoms with E-state index in [0.717, 1.165) is 0 Å². The fraction of sp³-hybridized carbons (Fsp3) is 0.571. The molecule has 3 aromatic rings. The van der Waals surface area contributed by atoms with Crippen molar-refractivity contribution in [3.05, 3.63) is 29.1 Å². The van der Waals surface area contributed by atoms with Gasteiger partial charge in [-0.15, -0.1) is 0 Å². The molecule has 6 atom stereocenters. The first-order valence-electron chi connectivity index (χ1n) is 11.5. The second kappa shape index (κ2) is 9.78. The Kier molecular flexibility index (Phi) is 6.70. The van der Waals surface area contributed by atoms with Gasteiger partial charge in [0.2, 0.25) is 5.28 Å². The molecule has 5 heterocycles. The molecule has 2 aliphatic heterocycles. The molecule has 5 rings (SSSR count). The second-order valence-corrected chi connectivity index (χ2v) is 9.21. The molecule has 36 heavy (non-hydrogen) atoms. The van der Waals surface area contributed by atoms with Crippen LogP contribution in [0.2, 0.25) is 5.28 Å². The van der Waals surface area contributed by atoms with Crippen LogP contribution in [-0.2, 0) is 11.3 Å². The number of imidazole rings is 1. The summed E-state index contributed by atoms with van der Waals surface area (Å²) in [5, 5.41) is 46.9. The Morgan fingerprint density at radius 3 is 2.81 bits per heavy atom. The Hall–Kier alpha value is -3.04. The number of halogens is 1. The van der Waals surface area contributed by atoms with Gasteiger partial charge in [-0.05, 0) is 30.9 Å². The first kappa shape index (κ1) is 24.6. The highest BCUT2D eigenvalue weighted by atomic mass is 35.5. The van der Waals surface area contributed by atoms with Crippen molar-refractivity contribution in [1.29, 1.82) is 0 Å². The maximum absolute atomic E-state index is 11.5. The van der Waals surface area contributed by atoms with E-state index >= 15 is 0 Å². The Bertz CT molecular complexity index is 1250. The summed E-state index contributed by atoms with van der Waals surface area (Å²) in [5.41, 5.74) is 0.920.